The molecule has 0 aliphatic carbocycles. The largest absolute Gasteiger partial charge is 0.497 e. The zero-order chi connectivity index (χ0) is 22.1. The molecule has 0 unspecified atom stereocenters. The van der Waals surface area contributed by atoms with Crippen molar-refractivity contribution in [3.05, 3.63) is 57.8 Å². The van der Waals surface area contributed by atoms with Crippen molar-refractivity contribution in [1.29, 1.82) is 0 Å². The number of aromatic nitrogens is 2. The Bertz CT molecular complexity index is 1200. The molecule has 3 aromatic rings. The Kier molecular flexibility index (Phi) is 5.50. The summed E-state index contributed by atoms with van der Waals surface area (Å²) in [4.78, 5) is 45.9. The topological polar surface area (TPSA) is 97.9 Å². The molecule has 0 bridgehead atoms. The minimum absolute atomic E-state index is 0.00311. The highest BCUT2D eigenvalue weighted by atomic mass is 16.5. The van der Waals surface area contributed by atoms with Crippen LogP contribution in [0.3, 0.4) is 0 Å². The molecule has 0 N–H and O–H groups in total. The minimum Gasteiger partial charge on any atom is -0.497 e. The van der Waals surface area contributed by atoms with Crippen molar-refractivity contribution in [2.24, 2.45) is 7.05 Å². The lowest BCUT2D eigenvalue weighted by atomic mass is 10.1. The molecular formula is C22H24N4O5. The van der Waals surface area contributed by atoms with Gasteiger partial charge >= 0.3 is 0 Å². The smallest absolute Gasteiger partial charge is 0.265 e. The number of piperazine rings is 1. The summed E-state index contributed by atoms with van der Waals surface area (Å²) in [6.45, 7) is 3.28. The summed E-state index contributed by atoms with van der Waals surface area (Å²) < 4.78 is 12.1. The fourth-order valence-electron chi connectivity index (χ4n) is 3.83. The second kappa shape index (κ2) is 8.25. The van der Waals surface area contributed by atoms with Gasteiger partial charge in [0, 0.05) is 33.2 Å². The molecule has 1 saturated heterocycles. The van der Waals surface area contributed by atoms with Crippen LogP contribution < -0.4 is 10.3 Å². The van der Waals surface area contributed by atoms with Crippen molar-refractivity contribution in [3.8, 4) is 5.75 Å². The Balaban J connectivity index is 1.45. The Morgan fingerprint density at radius 1 is 1.16 bits per heavy atom. The van der Waals surface area contributed by atoms with Crippen molar-refractivity contribution in [2.75, 3.05) is 33.3 Å². The Morgan fingerprint density at radius 3 is 2.58 bits per heavy atom. The van der Waals surface area contributed by atoms with Crippen LogP contribution in [0.1, 0.15) is 21.7 Å². The molecule has 0 radical (unpaired) electrons. The molecule has 2 aromatic heterocycles. The summed E-state index contributed by atoms with van der Waals surface area (Å²) in [6, 6.07) is 7.43. The maximum absolute atomic E-state index is 13.2. The van der Waals surface area contributed by atoms with Gasteiger partial charge in [0.25, 0.3) is 11.5 Å². The van der Waals surface area contributed by atoms with Crippen molar-refractivity contribution < 1.29 is 18.7 Å². The summed E-state index contributed by atoms with van der Waals surface area (Å²) >= 11 is 0. The van der Waals surface area contributed by atoms with Gasteiger partial charge in [-0.2, -0.15) is 0 Å². The van der Waals surface area contributed by atoms with Crippen LogP contribution in [0.2, 0.25) is 0 Å². The summed E-state index contributed by atoms with van der Waals surface area (Å²) in [5.74, 6) is 0.806. The second-order valence-corrected chi connectivity index (χ2v) is 7.58. The molecule has 4 rings (SSSR count). The van der Waals surface area contributed by atoms with Crippen LogP contribution in [-0.4, -0.2) is 64.5 Å². The number of carbonyl (C=O) groups excluding carboxylic acids is 2. The van der Waals surface area contributed by atoms with E-state index < -0.39 is 0 Å². The monoisotopic (exact) mass is 424 g/mol. The van der Waals surface area contributed by atoms with Crippen LogP contribution in [0.15, 0.2) is 39.8 Å². The molecule has 1 aromatic carbocycles. The molecule has 1 fully saturated rings. The van der Waals surface area contributed by atoms with Crippen molar-refractivity contribution >= 4 is 22.9 Å². The predicted molar refractivity (Wildman–Crippen MR) is 113 cm³/mol. The number of hydrogen-bond acceptors (Lipinski definition) is 6. The number of hydrogen-bond donors (Lipinski definition) is 0. The van der Waals surface area contributed by atoms with Gasteiger partial charge in [0.1, 0.15) is 23.2 Å². The van der Waals surface area contributed by atoms with Crippen LogP contribution in [0.5, 0.6) is 5.75 Å². The summed E-state index contributed by atoms with van der Waals surface area (Å²) in [5.41, 5.74) is 0.972. The maximum Gasteiger partial charge on any atom is 0.265 e. The summed E-state index contributed by atoms with van der Waals surface area (Å²) in [7, 11) is 3.17. The van der Waals surface area contributed by atoms with Crippen LogP contribution in [0.25, 0.3) is 11.1 Å². The minimum atomic E-state index is -0.322. The van der Waals surface area contributed by atoms with Crippen LogP contribution in [0, 0.1) is 6.92 Å². The molecule has 9 nitrogen and oxygen atoms in total. The first kappa shape index (κ1) is 20.6. The normalized spacial score (nSPS) is 14.2. The third kappa shape index (κ3) is 3.90. The highest BCUT2D eigenvalue weighted by Crippen LogP contribution is 2.23. The van der Waals surface area contributed by atoms with Crippen molar-refractivity contribution in [2.45, 2.75) is 13.3 Å². The third-order valence-corrected chi connectivity index (χ3v) is 5.57. The highest BCUT2D eigenvalue weighted by Gasteiger charge is 2.30. The number of nitrogens with zero attached hydrogens (tertiary/aromatic N) is 4. The molecule has 0 spiro atoms. The van der Waals surface area contributed by atoms with E-state index in [0.717, 1.165) is 5.56 Å². The zero-order valence-electron chi connectivity index (χ0n) is 17.8. The Morgan fingerprint density at radius 2 is 1.87 bits per heavy atom. The van der Waals surface area contributed by atoms with Gasteiger partial charge in [0.2, 0.25) is 11.6 Å². The number of aryl methyl sites for hydroxylation is 2. The first-order chi connectivity index (χ1) is 14.9. The molecule has 0 atom stereocenters. The molecule has 1 aliphatic rings. The van der Waals surface area contributed by atoms with E-state index in [1.165, 1.54) is 10.9 Å². The third-order valence-electron chi connectivity index (χ3n) is 5.57. The Labute approximate surface area is 178 Å². The molecule has 3 heterocycles. The molecule has 2 amide bonds. The van der Waals surface area contributed by atoms with E-state index in [9.17, 15) is 14.4 Å². The summed E-state index contributed by atoms with van der Waals surface area (Å²) in [5, 5.41) is 0.198. The number of carbonyl (C=O) groups is 2. The number of benzene rings is 1. The number of amides is 2. The van der Waals surface area contributed by atoms with E-state index in [4.69, 9.17) is 9.15 Å². The van der Waals surface area contributed by atoms with Gasteiger partial charge in [-0.3, -0.25) is 14.4 Å². The first-order valence-corrected chi connectivity index (χ1v) is 10.0. The maximum atomic E-state index is 13.2. The van der Waals surface area contributed by atoms with Crippen molar-refractivity contribution in [1.82, 2.24) is 19.4 Å². The van der Waals surface area contributed by atoms with Gasteiger partial charge in [0.05, 0.1) is 19.1 Å². The standard InChI is InChI=1S/C22H24N4O5/c1-14-18(19-20(31-14)23-13-24(2)21(19)28)22(29)26-9-7-25(8-10-26)17(27)12-15-5-4-6-16(11-15)30-3/h4-6,11,13H,7-10,12H2,1-3H3. The first-order valence-electron chi connectivity index (χ1n) is 10.0. The van der Waals surface area contributed by atoms with Crippen LogP contribution in [0.4, 0.5) is 0 Å². The SMILES string of the molecule is COc1cccc(CC(=O)N2CCN(C(=O)c3c(C)oc4ncn(C)c(=O)c34)CC2)c1. The molecule has 0 saturated carbocycles. The molecule has 9 heteroatoms. The van der Waals surface area contributed by atoms with Gasteiger partial charge < -0.3 is 23.5 Å². The number of methoxy groups -OCH3 is 1. The van der Waals surface area contributed by atoms with Gasteiger partial charge in [-0.25, -0.2) is 4.98 Å². The van der Waals surface area contributed by atoms with E-state index in [2.05, 4.69) is 4.98 Å². The lowest BCUT2D eigenvalue weighted by Gasteiger charge is -2.34. The van der Waals surface area contributed by atoms with Gasteiger partial charge in [-0.15, -0.1) is 0 Å². The second-order valence-electron chi connectivity index (χ2n) is 7.58. The zero-order valence-corrected chi connectivity index (χ0v) is 17.8. The Hall–Kier alpha value is -3.62. The average molecular weight is 424 g/mol. The highest BCUT2D eigenvalue weighted by molar-refractivity contribution is 6.06. The van der Waals surface area contributed by atoms with Gasteiger partial charge in [-0.05, 0) is 24.6 Å². The fourth-order valence-corrected chi connectivity index (χ4v) is 3.83. The molecule has 31 heavy (non-hydrogen) atoms. The van der Waals surface area contributed by atoms with Crippen LogP contribution >= 0.6 is 0 Å². The van der Waals surface area contributed by atoms with E-state index in [1.807, 2.05) is 24.3 Å². The van der Waals surface area contributed by atoms with Gasteiger partial charge in [-0.1, -0.05) is 12.1 Å². The van der Waals surface area contributed by atoms with E-state index in [-0.39, 0.29) is 40.5 Å². The molecule has 1 aliphatic heterocycles. The average Bonchev–Trinajstić information content (AvgIpc) is 3.12. The fraction of sp³-hybridized carbons (Fsp3) is 0.364. The van der Waals surface area contributed by atoms with E-state index in [1.54, 1.807) is 30.9 Å². The number of furan rings is 1. The van der Waals surface area contributed by atoms with E-state index >= 15 is 0 Å². The molecular weight excluding hydrogens is 400 g/mol. The number of ether oxygens (including phenoxy) is 1. The quantitative estimate of drug-likeness (QED) is 0.628. The lowest BCUT2D eigenvalue weighted by Crippen LogP contribution is -2.51. The van der Waals surface area contributed by atoms with E-state index in [0.29, 0.717) is 37.7 Å². The molecule has 162 valence electrons. The number of rotatable bonds is 4. The summed E-state index contributed by atoms with van der Waals surface area (Å²) in [6.07, 6.45) is 1.65. The number of fused-ring (bicyclic) bond motifs is 1. The van der Waals surface area contributed by atoms with Crippen LogP contribution in [-0.2, 0) is 18.3 Å². The lowest BCUT2D eigenvalue weighted by molar-refractivity contribution is -0.131. The van der Waals surface area contributed by atoms with Gasteiger partial charge in [0.15, 0.2) is 0 Å². The van der Waals surface area contributed by atoms with Crippen molar-refractivity contribution in [3.63, 3.8) is 0 Å². The predicted octanol–water partition coefficient (Wildman–Crippen LogP) is 1.37.